The monoisotopic (exact) mass is 563 g/mol. The summed E-state index contributed by atoms with van der Waals surface area (Å²) < 4.78 is 12.0. The molecule has 0 aliphatic rings. The highest BCUT2D eigenvalue weighted by molar-refractivity contribution is 9.10. The first kappa shape index (κ1) is 23.5. The third-order valence-electron chi connectivity index (χ3n) is 4.72. The molecule has 0 aliphatic heterocycles. The van der Waals surface area contributed by atoms with Crippen LogP contribution >= 0.6 is 51.3 Å². The fourth-order valence-corrected chi connectivity index (χ4v) is 4.43. The number of fused-ring (bicyclic) bond motifs is 1. The van der Waals surface area contributed by atoms with Crippen molar-refractivity contribution in [3.8, 4) is 17.2 Å². The Balaban J connectivity index is 1.55. The number of methoxy groups -OCH3 is 1. The van der Waals surface area contributed by atoms with E-state index in [0.717, 1.165) is 10.0 Å². The van der Waals surface area contributed by atoms with E-state index in [4.69, 9.17) is 44.6 Å². The van der Waals surface area contributed by atoms with Crippen molar-refractivity contribution >= 4 is 79.2 Å². The van der Waals surface area contributed by atoms with E-state index in [1.54, 1.807) is 42.5 Å². The summed E-state index contributed by atoms with van der Waals surface area (Å²) in [6, 6.07) is 13.9. The van der Waals surface area contributed by atoms with Gasteiger partial charge in [-0.1, -0.05) is 39.1 Å². The van der Waals surface area contributed by atoms with Crippen LogP contribution in [0.5, 0.6) is 5.75 Å². The van der Waals surface area contributed by atoms with Gasteiger partial charge >= 0.3 is 0 Å². The minimum atomic E-state index is -0.404. The van der Waals surface area contributed by atoms with Gasteiger partial charge in [-0.25, -0.2) is 4.98 Å². The number of aromatic nitrogens is 1. The normalized spacial score (nSPS) is 10.8. The van der Waals surface area contributed by atoms with E-state index in [0.29, 0.717) is 49.6 Å². The van der Waals surface area contributed by atoms with Gasteiger partial charge in [0.1, 0.15) is 11.3 Å². The fourth-order valence-electron chi connectivity index (χ4n) is 3.29. The lowest BCUT2D eigenvalue weighted by Crippen LogP contribution is -2.34. The Morgan fingerprint density at radius 1 is 1.15 bits per heavy atom. The van der Waals surface area contributed by atoms with Gasteiger partial charge in [0.25, 0.3) is 5.91 Å². The Labute approximate surface area is 213 Å². The van der Waals surface area contributed by atoms with E-state index >= 15 is 0 Å². The Bertz CT molecular complexity index is 1410. The summed E-state index contributed by atoms with van der Waals surface area (Å²) in [4.78, 5) is 17.3. The summed E-state index contributed by atoms with van der Waals surface area (Å²) in [7, 11) is 1.51. The minimum Gasteiger partial charge on any atom is -0.496 e. The summed E-state index contributed by atoms with van der Waals surface area (Å²) in [6.45, 7) is 1.85. The minimum absolute atomic E-state index is 0.109. The average Bonchev–Trinajstić information content (AvgIpc) is 3.17. The Morgan fingerprint density at radius 2 is 1.94 bits per heavy atom. The maximum atomic E-state index is 12.8. The molecule has 1 aromatic heterocycles. The Hall–Kier alpha value is -2.65. The third-order valence-corrected chi connectivity index (χ3v) is 5.95. The van der Waals surface area contributed by atoms with Crippen molar-refractivity contribution in [2.75, 3.05) is 12.4 Å². The summed E-state index contributed by atoms with van der Waals surface area (Å²) in [6.07, 6.45) is 0. The molecule has 0 saturated carbocycles. The maximum Gasteiger partial charge on any atom is 0.261 e. The molecule has 168 valence electrons. The van der Waals surface area contributed by atoms with Gasteiger partial charge in [0.15, 0.2) is 10.7 Å². The van der Waals surface area contributed by atoms with Gasteiger partial charge < -0.3 is 14.5 Å². The van der Waals surface area contributed by atoms with Crippen molar-refractivity contribution in [1.82, 2.24) is 10.3 Å². The molecule has 1 amide bonds. The molecule has 2 N–H and O–H groups in total. The molecule has 3 aromatic carbocycles. The van der Waals surface area contributed by atoms with Crippen LogP contribution in [0.1, 0.15) is 15.9 Å². The topological polar surface area (TPSA) is 76.4 Å². The summed E-state index contributed by atoms with van der Waals surface area (Å²) in [5.41, 5.74) is 3.54. The molecule has 0 unspecified atom stereocenters. The first-order valence-corrected chi connectivity index (χ1v) is 11.5. The molecule has 0 radical (unpaired) electrons. The molecular formula is C23H16BrCl2N3O3S. The molecule has 0 spiro atoms. The molecule has 10 heteroatoms. The quantitative estimate of drug-likeness (QED) is 0.260. The van der Waals surface area contributed by atoms with Gasteiger partial charge in [-0.15, -0.1) is 0 Å². The molecule has 0 aliphatic carbocycles. The van der Waals surface area contributed by atoms with E-state index in [1.165, 1.54) is 7.11 Å². The number of ether oxygens (including phenoxy) is 1. The highest BCUT2D eigenvalue weighted by Gasteiger charge is 2.18. The van der Waals surface area contributed by atoms with Crippen LogP contribution in [0, 0.1) is 6.92 Å². The number of carbonyl (C=O) groups is 1. The number of thiocarbonyl (C=S) groups is 1. The van der Waals surface area contributed by atoms with Crippen LogP contribution in [0.15, 0.2) is 57.4 Å². The van der Waals surface area contributed by atoms with E-state index in [1.807, 2.05) is 13.0 Å². The Morgan fingerprint density at radius 3 is 2.70 bits per heavy atom. The molecule has 4 rings (SSSR count). The van der Waals surface area contributed by atoms with Crippen molar-refractivity contribution in [2.45, 2.75) is 6.92 Å². The number of aryl methyl sites for hydroxylation is 1. The number of nitrogens with one attached hydrogen (secondary N) is 2. The molecule has 0 bridgehead atoms. The molecule has 0 atom stereocenters. The molecule has 1 heterocycles. The third kappa shape index (κ3) is 5.14. The van der Waals surface area contributed by atoms with Crippen LogP contribution < -0.4 is 15.4 Å². The van der Waals surface area contributed by atoms with Gasteiger partial charge in [0, 0.05) is 15.2 Å². The van der Waals surface area contributed by atoms with Crippen LogP contribution in [0.2, 0.25) is 10.0 Å². The van der Waals surface area contributed by atoms with Crippen molar-refractivity contribution in [2.24, 2.45) is 0 Å². The number of nitrogens with zero attached hydrogens (tertiary/aromatic N) is 1. The predicted octanol–water partition coefficient (Wildman–Crippen LogP) is 7.01. The van der Waals surface area contributed by atoms with Gasteiger partial charge in [0.2, 0.25) is 5.89 Å². The second-order valence-electron chi connectivity index (χ2n) is 7.04. The van der Waals surface area contributed by atoms with Crippen LogP contribution in [-0.2, 0) is 0 Å². The van der Waals surface area contributed by atoms with Crippen LogP contribution in [0.3, 0.4) is 0 Å². The number of halogens is 3. The first-order chi connectivity index (χ1) is 15.7. The molecule has 6 nitrogen and oxygen atoms in total. The number of anilines is 1. The van der Waals surface area contributed by atoms with Crippen LogP contribution in [0.4, 0.5) is 5.69 Å². The number of hydrogen-bond donors (Lipinski definition) is 2. The van der Waals surface area contributed by atoms with Crippen molar-refractivity contribution in [3.05, 3.63) is 74.2 Å². The SMILES string of the molecule is COc1c(C)cc(Br)cc1C(=O)NC(=S)Nc1ccc(Cl)c(-c2nc3cc(Cl)ccc3o2)c1. The fraction of sp³-hybridized carbons (Fsp3) is 0.0870. The van der Waals surface area contributed by atoms with E-state index in [2.05, 4.69) is 31.5 Å². The Kier molecular flexibility index (Phi) is 6.90. The van der Waals surface area contributed by atoms with E-state index < -0.39 is 5.91 Å². The lowest BCUT2D eigenvalue weighted by Gasteiger charge is -2.14. The first-order valence-electron chi connectivity index (χ1n) is 9.57. The van der Waals surface area contributed by atoms with Crippen LogP contribution in [-0.4, -0.2) is 23.1 Å². The summed E-state index contributed by atoms with van der Waals surface area (Å²) in [5.74, 6) is 0.410. The van der Waals surface area contributed by atoms with E-state index in [9.17, 15) is 4.79 Å². The molecular weight excluding hydrogens is 549 g/mol. The average molecular weight is 565 g/mol. The second kappa shape index (κ2) is 9.69. The molecule has 0 fully saturated rings. The highest BCUT2D eigenvalue weighted by atomic mass is 79.9. The lowest BCUT2D eigenvalue weighted by molar-refractivity contribution is 0.0974. The molecule has 33 heavy (non-hydrogen) atoms. The smallest absolute Gasteiger partial charge is 0.261 e. The number of oxazole rings is 1. The van der Waals surface area contributed by atoms with Gasteiger partial charge in [-0.2, -0.15) is 0 Å². The number of amides is 1. The predicted molar refractivity (Wildman–Crippen MR) is 139 cm³/mol. The summed E-state index contributed by atoms with van der Waals surface area (Å²) in [5, 5.41) is 6.77. The van der Waals surface area contributed by atoms with Gasteiger partial charge in [-0.3, -0.25) is 10.1 Å². The van der Waals surface area contributed by atoms with Crippen molar-refractivity contribution in [3.63, 3.8) is 0 Å². The van der Waals surface area contributed by atoms with Crippen LogP contribution in [0.25, 0.3) is 22.6 Å². The number of benzene rings is 3. The number of rotatable bonds is 4. The standard InChI is InChI=1S/C23H16BrCl2N3O3S/c1-11-7-12(24)8-16(20(11)31-2)21(30)29-23(33)27-14-4-5-17(26)15(10-14)22-28-18-9-13(25)3-6-19(18)32-22/h3-10H,1-2H3,(H2,27,29,30,33). The molecule has 0 saturated heterocycles. The second-order valence-corrected chi connectivity index (χ2v) is 9.20. The zero-order chi connectivity index (χ0) is 23.7. The molecule has 4 aromatic rings. The zero-order valence-corrected chi connectivity index (χ0v) is 21.2. The largest absolute Gasteiger partial charge is 0.496 e. The van der Waals surface area contributed by atoms with Crippen molar-refractivity contribution < 1.29 is 13.9 Å². The summed E-state index contributed by atoms with van der Waals surface area (Å²) >= 11 is 21.1. The number of carbonyl (C=O) groups excluding carboxylic acids is 1. The van der Waals surface area contributed by atoms with Gasteiger partial charge in [-0.05, 0) is 73.2 Å². The van der Waals surface area contributed by atoms with E-state index in [-0.39, 0.29) is 5.11 Å². The van der Waals surface area contributed by atoms with Crippen molar-refractivity contribution in [1.29, 1.82) is 0 Å². The highest BCUT2D eigenvalue weighted by Crippen LogP contribution is 2.33. The lowest BCUT2D eigenvalue weighted by atomic mass is 10.1. The zero-order valence-electron chi connectivity index (χ0n) is 17.3. The van der Waals surface area contributed by atoms with Gasteiger partial charge in [0.05, 0.1) is 23.3 Å². The number of hydrogen-bond acceptors (Lipinski definition) is 5. The maximum absolute atomic E-state index is 12.8.